The molecule has 23 heavy (non-hydrogen) atoms. The van der Waals surface area contributed by atoms with E-state index in [0.29, 0.717) is 0 Å². The standard InChI is InChI=1S/C15H23NO7/c1-9(17)21-11-6-7-20-12(13(11)22-10(2)18)8-16-14(19)23-15(3,4)5/h6-7,11-13H,8H2,1-5H3,(H,16,19)/t11-,12?,13-/m1/s1. The maximum Gasteiger partial charge on any atom is 0.407 e. The number of amides is 1. The normalized spacial score (nSPS) is 23.4. The Morgan fingerprint density at radius 3 is 2.26 bits per heavy atom. The fourth-order valence-electron chi connectivity index (χ4n) is 1.92. The van der Waals surface area contributed by atoms with Crippen molar-refractivity contribution in [3.8, 4) is 0 Å². The van der Waals surface area contributed by atoms with Crippen molar-refractivity contribution in [1.82, 2.24) is 5.32 Å². The second kappa shape index (κ2) is 7.85. The van der Waals surface area contributed by atoms with Gasteiger partial charge in [0.05, 0.1) is 12.8 Å². The number of ether oxygens (including phenoxy) is 4. The molecule has 130 valence electrons. The smallest absolute Gasteiger partial charge is 0.407 e. The van der Waals surface area contributed by atoms with Crippen LogP contribution in [0.1, 0.15) is 34.6 Å². The van der Waals surface area contributed by atoms with E-state index in [0.717, 1.165) is 0 Å². The zero-order chi connectivity index (χ0) is 17.6. The summed E-state index contributed by atoms with van der Waals surface area (Å²) < 4.78 is 20.7. The number of esters is 2. The summed E-state index contributed by atoms with van der Waals surface area (Å²) in [6.07, 6.45) is -0.164. The van der Waals surface area contributed by atoms with Crippen LogP contribution >= 0.6 is 0 Å². The first-order valence-corrected chi connectivity index (χ1v) is 7.22. The van der Waals surface area contributed by atoms with Gasteiger partial charge in [-0.15, -0.1) is 0 Å². The van der Waals surface area contributed by atoms with Crippen molar-refractivity contribution in [2.24, 2.45) is 0 Å². The van der Waals surface area contributed by atoms with Gasteiger partial charge in [-0.3, -0.25) is 9.59 Å². The Kier molecular flexibility index (Phi) is 6.41. The van der Waals surface area contributed by atoms with Gasteiger partial charge >= 0.3 is 18.0 Å². The van der Waals surface area contributed by atoms with E-state index in [2.05, 4.69) is 5.32 Å². The Balaban J connectivity index is 2.70. The van der Waals surface area contributed by atoms with Crippen molar-refractivity contribution in [2.45, 2.75) is 58.5 Å². The summed E-state index contributed by atoms with van der Waals surface area (Å²) in [6, 6.07) is 0. The van der Waals surface area contributed by atoms with Gasteiger partial charge in [0.1, 0.15) is 5.60 Å². The number of nitrogens with one attached hydrogen (secondary N) is 1. The van der Waals surface area contributed by atoms with E-state index < -0.39 is 41.9 Å². The maximum absolute atomic E-state index is 11.7. The Hall–Kier alpha value is -2.25. The fourth-order valence-corrected chi connectivity index (χ4v) is 1.92. The largest absolute Gasteiger partial charge is 0.492 e. The van der Waals surface area contributed by atoms with Crippen molar-refractivity contribution in [3.63, 3.8) is 0 Å². The third-order valence-corrected chi connectivity index (χ3v) is 2.66. The Morgan fingerprint density at radius 2 is 1.74 bits per heavy atom. The van der Waals surface area contributed by atoms with E-state index in [1.807, 2.05) is 0 Å². The lowest BCUT2D eigenvalue weighted by molar-refractivity contribution is -0.173. The molecule has 0 spiro atoms. The summed E-state index contributed by atoms with van der Waals surface area (Å²) >= 11 is 0. The SMILES string of the molecule is CC(=O)O[C@@H]1C=COC(CNC(=O)OC(C)(C)C)[C@@H]1OC(C)=O. The topological polar surface area (TPSA) is 100 Å². The van der Waals surface area contributed by atoms with Gasteiger partial charge in [0, 0.05) is 13.8 Å². The monoisotopic (exact) mass is 329 g/mol. The molecular formula is C15H23NO7. The van der Waals surface area contributed by atoms with Crippen LogP contribution in [0.5, 0.6) is 0 Å². The highest BCUT2D eigenvalue weighted by molar-refractivity contribution is 5.68. The van der Waals surface area contributed by atoms with Gasteiger partial charge < -0.3 is 24.3 Å². The molecule has 1 rings (SSSR count). The molecule has 1 N–H and O–H groups in total. The van der Waals surface area contributed by atoms with Gasteiger partial charge in [0.15, 0.2) is 18.3 Å². The van der Waals surface area contributed by atoms with E-state index in [-0.39, 0.29) is 6.54 Å². The Bertz CT molecular complexity index is 481. The average molecular weight is 329 g/mol. The fraction of sp³-hybridized carbons (Fsp3) is 0.667. The first kappa shape index (κ1) is 18.8. The van der Waals surface area contributed by atoms with Crippen LogP contribution in [0.3, 0.4) is 0 Å². The molecule has 8 heteroatoms. The van der Waals surface area contributed by atoms with E-state index >= 15 is 0 Å². The third kappa shape index (κ3) is 7.03. The molecule has 1 amide bonds. The molecule has 0 fully saturated rings. The minimum atomic E-state index is -0.865. The summed E-state index contributed by atoms with van der Waals surface area (Å²) in [7, 11) is 0. The van der Waals surface area contributed by atoms with Gasteiger partial charge in [-0.05, 0) is 26.8 Å². The van der Waals surface area contributed by atoms with Crippen molar-refractivity contribution in [1.29, 1.82) is 0 Å². The molecule has 0 saturated heterocycles. The highest BCUT2D eigenvalue weighted by atomic mass is 16.6. The van der Waals surface area contributed by atoms with Crippen LogP contribution in [0, 0.1) is 0 Å². The zero-order valence-corrected chi connectivity index (χ0v) is 14.0. The van der Waals surface area contributed by atoms with Gasteiger partial charge in [-0.1, -0.05) is 0 Å². The zero-order valence-electron chi connectivity index (χ0n) is 14.0. The minimum absolute atomic E-state index is 0.0228. The molecule has 0 aromatic carbocycles. The Labute approximate surface area is 135 Å². The van der Waals surface area contributed by atoms with Gasteiger partial charge in [-0.25, -0.2) is 4.79 Å². The van der Waals surface area contributed by atoms with E-state index in [4.69, 9.17) is 18.9 Å². The number of alkyl carbamates (subject to hydrolysis) is 1. The van der Waals surface area contributed by atoms with Crippen molar-refractivity contribution in [2.75, 3.05) is 6.54 Å². The predicted molar refractivity (Wildman–Crippen MR) is 79.4 cm³/mol. The first-order valence-electron chi connectivity index (χ1n) is 7.22. The van der Waals surface area contributed by atoms with Crippen LogP contribution in [-0.2, 0) is 28.5 Å². The molecule has 0 aromatic rings. The van der Waals surface area contributed by atoms with Crippen molar-refractivity contribution < 1.29 is 33.3 Å². The van der Waals surface area contributed by atoms with Crippen LogP contribution in [0.4, 0.5) is 4.79 Å². The maximum atomic E-state index is 11.7. The van der Waals surface area contributed by atoms with Crippen molar-refractivity contribution >= 4 is 18.0 Å². The molecule has 1 unspecified atom stereocenters. The molecular weight excluding hydrogens is 306 g/mol. The molecule has 0 saturated carbocycles. The third-order valence-electron chi connectivity index (χ3n) is 2.66. The summed E-state index contributed by atoms with van der Waals surface area (Å²) in [5.74, 6) is -1.06. The van der Waals surface area contributed by atoms with E-state index in [9.17, 15) is 14.4 Å². The molecule has 1 aliphatic rings. The summed E-state index contributed by atoms with van der Waals surface area (Å²) in [4.78, 5) is 34.1. The van der Waals surface area contributed by atoms with E-state index in [1.54, 1.807) is 20.8 Å². The quantitative estimate of drug-likeness (QED) is 0.612. The molecule has 0 radical (unpaired) electrons. The van der Waals surface area contributed by atoms with Gasteiger partial charge in [0.2, 0.25) is 0 Å². The second-order valence-corrected chi connectivity index (χ2v) is 6.03. The lowest BCUT2D eigenvalue weighted by Gasteiger charge is -2.33. The first-order chi connectivity index (χ1) is 10.6. The molecule has 0 aliphatic carbocycles. The second-order valence-electron chi connectivity index (χ2n) is 6.03. The summed E-state index contributed by atoms with van der Waals surface area (Å²) in [6.45, 7) is 7.74. The van der Waals surface area contributed by atoms with Crippen molar-refractivity contribution in [3.05, 3.63) is 12.3 Å². The Morgan fingerprint density at radius 1 is 1.13 bits per heavy atom. The lowest BCUT2D eigenvalue weighted by Crippen LogP contribution is -2.50. The number of carbonyl (C=O) groups excluding carboxylic acids is 3. The highest BCUT2D eigenvalue weighted by Crippen LogP contribution is 2.19. The minimum Gasteiger partial charge on any atom is -0.492 e. The molecule has 1 heterocycles. The van der Waals surface area contributed by atoms with Crippen LogP contribution in [-0.4, -0.2) is 48.5 Å². The van der Waals surface area contributed by atoms with Gasteiger partial charge in [0.25, 0.3) is 0 Å². The highest BCUT2D eigenvalue weighted by Gasteiger charge is 2.37. The molecule has 8 nitrogen and oxygen atoms in total. The van der Waals surface area contributed by atoms with Gasteiger partial charge in [-0.2, -0.15) is 0 Å². The lowest BCUT2D eigenvalue weighted by atomic mass is 10.1. The number of rotatable bonds is 4. The predicted octanol–water partition coefficient (Wildman–Crippen LogP) is 1.29. The van der Waals surface area contributed by atoms with E-state index in [1.165, 1.54) is 26.2 Å². The molecule has 0 bridgehead atoms. The van der Waals surface area contributed by atoms with Crippen LogP contribution in [0.25, 0.3) is 0 Å². The van der Waals surface area contributed by atoms with Crippen LogP contribution in [0.2, 0.25) is 0 Å². The van der Waals surface area contributed by atoms with Crippen LogP contribution in [0.15, 0.2) is 12.3 Å². The summed E-state index contributed by atoms with van der Waals surface area (Å²) in [5, 5.41) is 2.53. The van der Waals surface area contributed by atoms with Crippen LogP contribution < -0.4 is 5.32 Å². The molecule has 1 aliphatic heterocycles. The number of carbonyl (C=O) groups is 3. The molecule has 0 aromatic heterocycles. The number of hydrogen-bond acceptors (Lipinski definition) is 7. The average Bonchev–Trinajstić information content (AvgIpc) is 2.36. The summed E-state index contributed by atoms with van der Waals surface area (Å²) in [5.41, 5.74) is -0.632. The number of hydrogen-bond donors (Lipinski definition) is 1. The molecule has 3 atom stereocenters.